The number of nitrogens with zero attached hydrogens (tertiary/aromatic N) is 2. The number of H-pyrrole nitrogens is 2. The minimum absolute atomic E-state index is 0.629. The highest BCUT2D eigenvalue weighted by Gasteiger charge is 2.28. The molecule has 0 spiro atoms. The molecule has 6 N–H and O–H groups in total. The third-order valence-electron chi connectivity index (χ3n) is 5.77. The molecule has 0 saturated heterocycles. The Kier molecular flexibility index (Phi) is 5.07. The number of aliphatic imine (C=N–C) groups is 1. The highest BCUT2D eigenvalue weighted by atomic mass is 16.5. The van der Waals surface area contributed by atoms with E-state index in [1.165, 1.54) is 5.56 Å². The van der Waals surface area contributed by atoms with Crippen molar-refractivity contribution in [1.29, 1.82) is 0 Å². The van der Waals surface area contributed by atoms with Gasteiger partial charge in [0.05, 0.1) is 18.8 Å². The number of fused-ring (bicyclic) bond motifs is 2. The van der Waals surface area contributed by atoms with E-state index in [2.05, 4.69) is 44.0 Å². The number of rotatable bonds is 6. The first-order valence-electron chi connectivity index (χ1n) is 10.7. The molecular weight excluding hydrogens is 402 g/mol. The number of guanidine groups is 1. The summed E-state index contributed by atoms with van der Waals surface area (Å²) in [6.07, 6.45) is 7.31. The Labute approximate surface area is 185 Å². The van der Waals surface area contributed by atoms with E-state index in [1.807, 2.05) is 43.6 Å². The second-order valence-electron chi connectivity index (χ2n) is 8.29. The standard InChI is InChI=1S/C24H27N7O/c1-15-11-24(25,12-16-3-5-21-18(9-16)14-28-31-21)30-23(29-15)26-8-7-17-13-27-22-6-4-19(32-2)10-20(17)22/h3-6,9-11,13-14,27H,7-8,12,25H2,1-2H3,(H,28,31)(H2,26,29,30). The van der Waals surface area contributed by atoms with Crippen LogP contribution in [-0.4, -0.2) is 40.5 Å². The van der Waals surface area contributed by atoms with Crippen molar-refractivity contribution in [3.63, 3.8) is 0 Å². The summed E-state index contributed by atoms with van der Waals surface area (Å²) < 4.78 is 5.36. The maximum absolute atomic E-state index is 6.71. The van der Waals surface area contributed by atoms with Crippen LogP contribution in [0.1, 0.15) is 18.1 Å². The zero-order chi connectivity index (χ0) is 22.1. The zero-order valence-electron chi connectivity index (χ0n) is 18.2. The Hall–Kier alpha value is -3.78. The average Bonchev–Trinajstić information content (AvgIpc) is 3.39. The van der Waals surface area contributed by atoms with Gasteiger partial charge in [-0.3, -0.25) is 10.1 Å². The molecule has 5 rings (SSSR count). The lowest BCUT2D eigenvalue weighted by Gasteiger charge is -2.34. The summed E-state index contributed by atoms with van der Waals surface area (Å²) >= 11 is 0. The van der Waals surface area contributed by atoms with Gasteiger partial charge in [0.25, 0.3) is 0 Å². The van der Waals surface area contributed by atoms with Crippen molar-refractivity contribution in [3.05, 3.63) is 71.7 Å². The van der Waals surface area contributed by atoms with Gasteiger partial charge in [-0.1, -0.05) is 6.07 Å². The first kappa shape index (κ1) is 20.1. The maximum Gasteiger partial charge on any atom is 0.197 e. The molecule has 8 heteroatoms. The van der Waals surface area contributed by atoms with E-state index >= 15 is 0 Å². The van der Waals surface area contributed by atoms with Crippen molar-refractivity contribution < 1.29 is 4.74 Å². The zero-order valence-corrected chi connectivity index (χ0v) is 18.2. The van der Waals surface area contributed by atoms with E-state index in [0.717, 1.165) is 45.2 Å². The van der Waals surface area contributed by atoms with E-state index in [-0.39, 0.29) is 0 Å². The fourth-order valence-corrected chi connectivity index (χ4v) is 4.29. The van der Waals surface area contributed by atoms with Crippen LogP contribution in [-0.2, 0) is 12.8 Å². The molecule has 0 aliphatic carbocycles. The SMILES string of the molecule is COc1ccc2[nH]cc(CCN=C3NC(C)=CC(N)(Cc4ccc5[nH]ncc5c4)N3)c2c1. The number of methoxy groups -OCH3 is 1. The Morgan fingerprint density at radius 1 is 1.16 bits per heavy atom. The van der Waals surface area contributed by atoms with Gasteiger partial charge < -0.3 is 26.1 Å². The minimum Gasteiger partial charge on any atom is -0.497 e. The molecule has 0 radical (unpaired) electrons. The third kappa shape index (κ3) is 4.04. The summed E-state index contributed by atoms with van der Waals surface area (Å²) in [5.41, 5.74) is 11.4. The summed E-state index contributed by atoms with van der Waals surface area (Å²) in [4.78, 5) is 8.07. The van der Waals surface area contributed by atoms with E-state index in [9.17, 15) is 0 Å². The molecule has 8 nitrogen and oxygen atoms in total. The van der Waals surface area contributed by atoms with Crippen LogP contribution in [0.25, 0.3) is 21.8 Å². The van der Waals surface area contributed by atoms with Crippen LogP contribution in [0.15, 0.2) is 65.6 Å². The fourth-order valence-electron chi connectivity index (χ4n) is 4.29. The van der Waals surface area contributed by atoms with Crippen molar-refractivity contribution in [2.75, 3.05) is 13.7 Å². The second-order valence-corrected chi connectivity index (χ2v) is 8.29. The summed E-state index contributed by atoms with van der Waals surface area (Å²) in [5, 5.41) is 16.0. The van der Waals surface area contributed by atoms with Crippen LogP contribution in [0.2, 0.25) is 0 Å². The fraction of sp³-hybridized carbons (Fsp3) is 0.250. The molecule has 2 aromatic heterocycles. The van der Waals surface area contributed by atoms with Crippen molar-refractivity contribution in [2.45, 2.75) is 25.4 Å². The molecule has 32 heavy (non-hydrogen) atoms. The van der Waals surface area contributed by atoms with Gasteiger partial charge in [0, 0.05) is 41.1 Å². The molecule has 1 aliphatic rings. The molecule has 1 unspecified atom stereocenters. The van der Waals surface area contributed by atoms with Crippen molar-refractivity contribution in [1.82, 2.24) is 25.8 Å². The van der Waals surface area contributed by atoms with E-state index in [1.54, 1.807) is 7.11 Å². The monoisotopic (exact) mass is 429 g/mol. The molecule has 164 valence electrons. The Bertz CT molecular complexity index is 1330. The Morgan fingerprint density at radius 2 is 2.03 bits per heavy atom. The van der Waals surface area contributed by atoms with Gasteiger partial charge in [-0.05, 0) is 60.9 Å². The van der Waals surface area contributed by atoms with Crippen LogP contribution >= 0.6 is 0 Å². The van der Waals surface area contributed by atoms with Gasteiger partial charge in [-0.2, -0.15) is 5.10 Å². The number of nitrogens with one attached hydrogen (secondary N) is 4. The molecule has 0 saturated carbocycles. The smallest absolute Gasteiger partial charge is 0.197 e. The molecule has 4 aromatic rings. The third-order valence-corrected chi connectivity index (χ3v) is 5.77. The van der Waals surface area contributed by atoms with Gasteiger partial charge in [-0.15, -0.1) is 0 Å². The number of hydrogen-bond donors (Lipinski definition) is 5. The summed E-state index contributed by atoms with van der Waals surface area (Å²) in [5.74, 6) is 1.54. The van der Waals surface area contributed by atoms with Gasteiger partial charge in [-0.25, -0.2) is 0 Å². The second kappa shape index (κ2) is 8.05. The van der Waals surface area contributed by atoms with Crippen molar-refractivity contribution in [2.24, 2.45) is 10.7 Å². The molecular formula is C24H27N7O. The molecule has 3 heterocycles. The Morgan fingerprint density at radius 3 is 2.91 bits per heavy atom. The molecule has 1 atom stereocenters. The molecule has 1 aliphatic heterocycles. The molecule has 0 bridgehead atoms. The normalized spacial score (nSPS) is 19.7. The van der Waals surface area contributed by atoms with Crippen LogP contribution in [0, 0.1) is 0 Å². The van der Waals surface area contributed by atoms with Crippen LogP contribution in [0.3, 0.4) is 0 Å². The highest BCUT2D eigenvalue weighted by molar-refractivity contribution is 5.85. The lowest BCUT2D eigenvalue weighted by Crippen LogP contribution is -2.62. The van der Waals surface area contributed by atoms with E-state index in [0.29, 0.717) is 18.9 Å². The predicted molar refractivity (Wildman–Crippen MR) is 128 cm³/mol. The number of aromatic nitrogens is 3. The van der Waals surface area contributed by atoms with Crippen molar-refractivity contribution in [3.8, 4) is 5.75 Å². The first-order chi connectivity index (χ1) is 15.5. The number of aromatic amines is 2. The van der Waals surface area contributed by atoms with E-state index in [4.69, 9.17) is 15.5 Å². The highest BCUT2D eigenvalue weighted by Crippen LogP contribution is 2.24. The van der Waals surface area contributed by atoms with Crippen LogP contribution < -0.4 is 21.1 Å². The maximum atomic E-state index is 6.71. The largest absolute Gasteiger partial charge is 0.497 e. The van der Waals surface area contributed by atoms with Crippen LogP contribution in [0.5, 0.6) is 5.75 Å². The average molecular weight is 430 g/mol. The number of hydrogen-bond acceptors (Lipinski definition) is 4. The number of nitrogens with two attached hydrogens (primary N) is 1. The predicted octanol–water partition coefficient (Wildman–Crippen LogP) is 2.95. The van der Waals surface area contributed by atoms with Crippen LogP contribution in [0.4, 0.5) is 0 Å². The summed E-state index contributed by atoms with van der Waals surface area (Å²) in [7, 11) is 1.68. The van der Waals surface area contributed by atoms with Gasteiger partial charge in [0.1, 0.15) is 11.4 Å². The van der Waals surface area contributed by atoms with Gasteiger partial charge in [0.2, 0.25) is 0 Å². The lowest BCUT2D eigenvalue weighted by atomic mass is 9.97. The summed E-state index contributed by atoms with van der Waals surface area (Å²) in [6, 6.07) is 12.3. The van der Waals surface area contributed by atoms with Gasteiger partial charge in [0.15, 0.2) is 5.96 Å². The number of benzene rings is 2. The topological polar surface area (TPSA) is 116 Å². The molecule has 0 amide bonds. The van der Waals surface area contributed by atoms with Gasteiger partial charge >= 0.3 is 0 Å². The number of allylic oxidation sites excluding steroid dienone is 1. The molecule has 0 fully saturated rings. The summed E-state index contributed by atoms with van der Waals surface area (Å²) in [6.45, 7) is 2.63. The quantitative estimate of drug-likeness (QED) is 0.323. The number of ether oxygens (including phenoxy) is 1. The van der Waals surface area contributed by atoms with Crippen molar-refractivity contribution >= 4 is 27.8 Å². The Balaban J connectivity index is 1.29. The van der Waals surface area contributed by atoms with E-state index < -0.39 is 5.66 Å². The minimum atomic E-state index is -0.722. The first-order valence-corrected chi connectivity index (χ1v) is 10.7. The lowest BCUT2D eigenvalue weighted by molar-refractivity contribution is 0.415. The molecule has 2 aromatic carbocycles.